The molecule has 2 saturated heterocycles. The lowest BCUT2D eigenvalue weighted by atomic mass is 9.79. The van der Waals surface area contributed by atoms with E-state index >= 15 is 0 Å². The Bertz CT molecular complexity index is 700. The molecule has 1 spiro atoms. The Balaban J connectivity index is 0.00000163. The summed E-state index contributed by atoms with van der Waals surface area (Å²) in [7, 11) is 0. The summed E-state index contributed by atoms with van der Waals surface area (Å²) in [4.78, 5) is 41.5. The molecule has 0 saturated carbocycles. The van der Waals surface area contributed by atoms with E-state index in [1.165, 1.54) is 4.90 Å². The highest BCUT2D eigenvalue weighted by Gasteiger charge is 2.64. The number of carbonyl (C=O) groups excluding carboxylic acids is 3. The number of hydrogen-bond donors (Lipinski definition) is 0. The quantitative estimate of drug-likeness (QED) is 0.438. The van der Waals surface area contributed by atoms with Crippen LogP contribution in [0.4, 0.5) is 0 Å². The molecule has 2 aliphatic rings. The lowest BCUT2D eigenvalue weighted by molar-refractivity contribution is -0.145. The van der Waals surface area contributed by atoms with Crippen molar-refractivity contribution in [1.29, 1.82) is 0 Å². The lowest BCUT2D eigenvalue weighted by Gasteiger charge is -2.21. The molecule has 3 amide bonds. The number of likely N-dealkylation sites (tertiary alicyclic amines) is 2. The van der Waals surface area contributed by atoms with E-state index in [1.807, 2.05) is 40.7 Å². The molecule has 0 bridgehead atoms. The summed E-state index contributed by atoms with van der Waals surface area (Å²) in [6, 6.07) is 0. The molecule has 5 nitrogen and oxygen atoms in total. The number of likely N-dealkylation sites (N-methyl/N-ethyl adjacent to an activating group) is 1. The minimum Gasteiger partial charge on any atom is -0.311 e. The number of rotatable bonds is 4. The highest BCUT2D eigenvalue weighted by atomic mass is 16.2. The highest BCUT2D eigenvalue weighted by Crippen LogP contribution is 2.50. The monoisotopic (exact) mass is 358 g/mol. The number of allylic oxidation sites excluding steroid dienone is 5. The van der Waals surface area contributed by atoms with Gasteiger partial charge >= 0.3 is 0 Å². The summed E-state index contributed by atoms with van der Waals surface area (Å²) in [5.74, 6) is -1.02. The number of nitrogens with zero attached hydrogens (tertiary/aromatic N) is 2. The van der Waals surface area contributed by atoms with E-state index in [2.05, 4.69) is 6.58 Å². The number of carbonyl (C=O) groups is 3. The smallest absolute Gasteiger partial charge is 0.250 e. The Morgan fingerprint density at radius 1 is 1.12 bits per heavy atom. The normalized spacial score (nSPS) is 26.2. The van der Waals surface area contributed by atoms with Gasteiger partial charge in [-0.15, -0.1) is 0 Å². The van der Waals surface area contributed by atoms with E-state index in [4.69, 9.17) is 0 Å². The third kappa shape index (κ3) is 3.18. The highest BCUT2D eigenvalue weighted by molar-refractivity contribution is 6.22. The van der Waals surface area contributed by atoms with Gasteiger partial charge in [-0.25, -0.2) is 0 Å². The van der Waals surface area contributed by atoms with E-state index in [1.54, 1.807) is 30.1 Å². The van der Waals surface area contributed by atoms with Crippen LogP contribution in [0, 0.1) is 5.41 Å². The molecule has 2 aliphatic heterocycles. The SMILES string of the molecule is C=C/C=C(\C)CN1C(=O)CC2(C1=O)C(=O)N(CC)C(=C/C)/C2=C\C.CC. The zero-order valence-corrected chi connectivity index (χ0v) is 16.8. The van der Waals surface area contributed by atoms with Crippen LogP contribution < -0.4 is 0 Å². The fraction of sp³-hybridized carbons (Fsp3) is 0.476. The fourth-order valence-electron chi connectivity index (χ4n) is 3.62. The summed E-state index contributed by atoms with van der Waals surface area (Å²) in [6.45, 7) is 15.6. The average Bonchev–Trinajstić information content (AvgIpc) is 3.02. The Hall–Kier alpha value is -2.43. The molecule has 5 heteroatoms. The fourth-order valence-corrected chi connectivity index (χ4v) is 3.62. The van der Waals surface area contributed by atoms with Crippen molar-refractivity contribution < 1.29 is 14.4 Å². The number of imide groups is 1. The van der Waals surface area contributed by atoms with E-state index in [0.717, 1.165) is 11.3 Å². The van der Waals surface area contributed by atoms with Gasteiger partial charge in [-0.2, -0.15) is 0 Å². The van der Waals surface area contributed by atoms with Crippen LogP contribution in [0.1, 0.15) is 48.0 Å². The predicted octanol–water partition coefficient (Wildman–Crippen LogP) is 3.60. The first kappa shape index (κ1) is 21.6. The van der Waals surface area contributed by atoms with Gasteiger partial charge < -0.3 is 4.90 Å². The van der Waals surface area contributed by atoms with Gasteiger partial charge in [-0.1, -0.05) is 50.3 Å². The minimum absolute atomic E-state index is 0.0977. The molecule has 0 aromatic heterocycles. The van der Waals surface area contributed by atoms with Gasteiger partial charge in [-0.05, 0) is 33.3 Å². The van der Waals surface area contributed by atoms with Gasteiger partial charge in [0.1, 0.15) is 0 Å². The molecule has 0 aromatic rings. The molecule has 0 radical (unpaired) electrons. The molecule has 142 valence electrons. The van der Waals surface area contributed by atoms with Crippen molar-refractivity contribution in [3.63, 3.8) is 0 Å². The minimum atomic E-state index is -1.39. The van der Waals surface area contributed by atoms with Gasteiger partial charge in [0.2, 0.25) is 17.7 Å². The van der Waals surface area contributed by atoms with E-state index in [-0.39, 0.29) is 24.8 Å². The van der Waals surface area contributed by atoms with Crippen molar-refractivity contribution in [3.05, 3.63) is 47.7 Å². The van der Waals surface area contributed by atoms with E-state index in [9.17, 15) is 14.4 Å². The Labute approximate surface area is 156 Å². The molecule has 1 unspecified atom stereocenters. The van der Waals surface area contributed by atoms with Crippen molar-refractivity contribution in [2.45, 2.75) is 48.0 Å². The second kappa shape index (κ2) is 8.79. The van der Waals surface area contributed by atoms with Crippen LogP contribution in [0.2, 0.25) is 0 Å². The Kier molecular flexibility index (Phi) is 7.30. The molecule has 2 rings (SSSR count). The second-order valence-electron chi connectivity index (χ2n) is 6.04. The van der Waals surface area contributed by atoms with Crippen LogP contribution in [-0.2, 0) is 14.4 Å². The topological polar surface area (TPSA) is 57.7 Å². The third-order valence-corrected chi connectivity index (χ3v) is 4.65. The maximum absolute atomic E-state index is 13.1. The van der Waals surface area contributed by atoms with Crippen LogP contribution in [0.3, 0.4) is 0 Å². The summed E-state index contributed by atoms with van der Waals surface area (Å²) in [5, 5.41) is 0. The first-order valence-corrected chi connectivity index (χ1v) is 9.17. The maximum Gasteiger partial charge on any atom is 0.250 e. The molecule has 0 N–H and O–H groups in total. The maximum atomic E-state index is 13.1. The van der Waals surface area contributed by atoms with Crippen LogP contribution in [0.5, 0.6) is 0 Å². The Morgan fingerprint density at radius 2 is 1.69 bits per heavy atom. The second-order valence-corrected chi connectivity index (χ2v) is 6.04. The molecule has 26 heavy (non-hydrogen) atoms. The first-order chi connectivity index (χ1) is 12.4. The van der Waals surface area contributed by atoms with Crippen LogP contribution >= 0.6 is 0 Å². The molecule has 1 atom stereocenters. The summed E-state index contributed by atoms with van der Waals surface area (Å²) < 4.78 is 0. The number of amides is 3. The zero-order chi connectivity index (χ0) is 20.1. The number of hydrogen-bond acceptors (Lipinski definition) is 3. The largest absolute Gasteiger partial charge is 0.311 e. The summed E-state index contributed by atoms with van der Waals surface area (Å²) >= 11 is 0. The van der Waals surface area contributed by atoms with Crippen molar-refractivity contribution >= 4 is 17.7 Å². The van der Waals surface area contributed by atoms with Crippen molar-refractivity contribution in [2.24, 2.45) is 5.41 Å². The molecule has 0 aromatic carbocycles. The lowest BCUT2D eigenvalue weighted by Crippen LogP contribution is -2.42. The van der Waals surface area contributed by atoms with Crippen LogP contribution in [0.15, 0.2) is 47.7 Å². The van der Waals surface area contributed by atoms with Crippen molar-refractivity contribution in [3.8, 4) is 0 Å². The molecule has 2 fully saturated rings. The standard InChI is InChI=1S/C19H24N2O3.C2H6/c1-6-10-13(5)12-21-16(22)11-19(18(21)24)14(7-2)15(8-3)20(9-4)17(19)23;1-2/h6-8,10H,1,9,11-12H2,2-5H3;1-2H3/b13-10+,14-7+,15-8+;. The van der Waals surface area contributed by atoms with Gasteiger partial charge in [-0.3, -0.25) is 19.3 Å². The van der Waals surface area contributed by atoms with Crippen molar-refractivity contribution in [1.82, 2.24) is 9.80 Å². The molecule has 0 aliphatic carbocycles. The van der Waals surface area contributed by atoms with Crippen molar-refractivity contribution in [2.75, 3.05) is 13.1 Å². The summed E-state index contributed by atoms with van der Waals surface area (Å²) in [6.07, 6.45) is 6.89. The van der Waals surface area contributed by atoms with Gasteiger partial charge in [0.25, 0.3) is 0 Å². The van der Waals surface area contributed by atoms with Gasteiger partial charge in [0.15, 0.2) is 5.41 Å². The first-order valence-electron chi connectivity index (χ1n) is 9.17. The van der Waals surface area contributed by atoms with Crippen LogP contribution in [0.25, 0.3) is 0 Å². The third-order valence-electron chi connectivity index (χ3n) is 4.65. The Morgan fingerprint density at radius 3 is 2.15 bits per heavy atom. The molecular weight excluding hydrogens is 328 g/mol. The zero-order valence-electron chi connectivity index (χ0n) is 16.8. The van der Waals surface area contributed by atoms with Gasteiger partial charge in [0.05, 0.1) is 6.42 Å². The predicted molar refractivity (Wildman–Crippen MR) is 104 cm³/mol. The molecular formula is C21H30N2O3. The van der Waals surface area contributed by atoms with Gasteiger partial charge in [0, 0.05) is 18.8 Å². The van der Waals surface area contributed by atoms with E-state index < -0.39 is 11.3 Å². The van der Waals surface area contributed by atoms with Crippen LogP contribution in [-0.4, -0.2) is 40.6 Å². The molecule has 2 heterocycles. The summed E-state index contributed by atoms with van der Waals surface area (Å²) in [5.41, 5.74) is 0.822. The average molecular weight is 358 g/mol. The van der Waals surface area contributed by atoms with E-state index in [0.29, 0.717) is 12.1 Å².